The van der Waals surface area contributed by atoms with Crippen molar-refractivity contribution < 1.29 is 14.3 Å². The van der Waals surface area contributed by atoms with Crippen molar-refractivity contribution in [3.8, 4) is 5.75 Å². The number of benzene rings is 1. The largest absolute Gasteiger partial charge is 0.496 e. The minimum atomic E-state index is -0.247. The number of hydrogen-bond acceptors (Lipinski definition) is 7. The van der Waals surface area contributed by atoms with Crippen LogP contribution >= 0.6 is 0 Å². The smallest absolute Gasteiger partial charge is 0.409 e. The normalized spacial score (nSPS) is 13.9. The van der Waals surface area contributed by atoms with Crippen LogP contribution < -0.4 is 15.0 Å². The molecule has 2 heterocycles. The first-order valence-electron chi connectivity index (χ1n) is 9.56. The van der Waals surface area contributed by atoms with Gasteiger partial charge in [0.05, 0.1) is 13.7 Å². The predicted octanol–water partition coefficient (Wildman–Crippen LogP) is 2.42. The van der Waals surface area contributed by atoms with E-state index in [-0.39, 0.29) is 6.09 Å². The summed E-state index contributed by atoms with van der Waals surface area (Å²) in [7, 11) is 1.68. The Morgan fingerprint density at radius 1 is 1.18 bits per heavy atom. The number of para-hydroxylation sites is 1. The van der Waals surface area contributed by atoms with Gasteiger partial charge < -0.3 is 24.6 Å². The van der Waals surface area contributed by atoms with Crippen LogP contribution in [0.3, 0.4) is 0 Å². The van der Waals surface area contributed by atoms with Crippen molar-refractivity contribution in [3.63, 3.8) is 0 Å². The number of anilines is 2. The van der Waals surface area contributed by atoms with Crippen LogP contribution in [-0.4, -0.2) is 67.4 Å². The van der Waals surface area contributed by atoms with Gasteiger partial charge in [0, 0.05) is 38.9 Å². The van der Waals surface area contributed by atoms with Crippen LogP contribution in [0.15, 0.2) is 36.5 Å². The number of piperazine rings is 1. The molecular formula is C20H27N5O3. The first-order chi connectivity index (χ1) is 13.7. The van der Waals surface area contributed by atoms with Crippen LogP contribution in [-0.2, 0) is 11.2 Å². The van der Waals surface area contributed by atoms with Gasteiger partial charge in [-0.2, -0.15) is 4.98 Å². The maximum Gasteiger partial charge on any atom is 0.409 e. The van der Waals surface area contributed by atoms with Gasteiger partial charge in [-0.1, -0.05) is 18.2 Å². The van der Waals surface area contributed by atoms with Gasteiger partial charge in [-0.05, 0) is 31.0 Å². The standard InChI is InChI=1S/C20H27N5O3/c1-3-28-20(26)25-14-12-24(13-15-25)18-9-11-22-19(23-18)21-10-8-16-6-4-5-7-17(16)27-2/h4-7,9,11H,3,8,10,12-15H2,1-2H3,(H,21,22,23). The fourth-order valence-electron chi connectivity index (χ4n) is 3.16. The summed E-state index contributed by atoms with van der Waals surface area (Å²) in [6, 6.07) is 9.88. The second kappa shape index (κ2) is 9.77. The van der Waals surface area contributed by atoms with Crippen LogP contribution in [0.25, 0.3) is 0 Å². The van der Waals surface area contributed by atoms with E-state index in [4.69, 9.17) is 9.47 Å². The second-order valence-electron chi connectivity index (χ2n) is 6.40. The van der Waals surface area contributed by atoms with Crippen molar-refractivity contribution in [3.05, 3.63) is 42.1 Å². The Morgan fingerprint density at radius 3 is 2.71 bits per heavy atom. The summed E-state index contributed by atoms with van der Waals surface area (Å²) in [5.41, 5.74) is 1.14. The van der Waals surface area contributed by atoms with Gasteiger partial charge >= 0.3 is 6.09 Å². The number of rotatable bonds is 7. The Morgan fingerprint density at radius 2 is 1.96 bits per heavy atom. The monoisotopic (exact) mass is 385 g/mol. The van der Waals surface area contributed by atoms with E-state index in [0.29, 0.717) is 32.2 Å². The van der Waals surface area contributed by atoms with Crippen LogP contribution in [0.5, 0.6) is 5.75 Å². The molecule has 28 heavy (non-hydrogen) atoms. The van der Waals surface area contributed by atoms with E-state index < -0.39 is 0 Å². The number of ether oxygens (including phenoxy) is 2. The number of nitrogens with zero attached hydrogens (tertiary/aromatic N) is 4. The molecule has 1 aliphatic heterocycles. The SMILES string of the molecule is CCOC(=O)N1CCN(c2ccnc(NCCc3ccccc3OC)n2)CC1. The molecule has 3 rings (SSSR count). The molecule has 0 radical (unpaired) electrons. The van der Waals surface area contributed by atoms with E-state index in [1.807, 2.05) is 31.2 Å². The first-order valence-corrected chi connectivity index (χ1v) is 9.56. The third-order valence-corrected chi connectivity index (χ3v) is 4.64. The average Bonchev–Trinajstić information content (AvgIpc) is 2.74. The third-order valence-electron chi connectivity index (χ3n) is 4.64. The summed E-state index contributed by atoms with van der Waals surface area (Å²) in [4.78, 5) is 24.6. The number of nitrogens with one attached hydrogen (secondary N) is 1. The van der Waals surface area contributed by atoms with Crippen LogP contribution in [0, 0.1) is 0 Å². The quantitative estimate of drug-likeness (QED) is 0.784. The van der Waals surface area contributed by atoms with Gasteiger partial charge in [0.1, 0.15) is 11.6 Å². The number of hydrogen-bond donors (Lipinski definition) is 1. The molecular weight excluding hydrogens is 358 g/mol. The number of amides is 1. The molecule has 1 aromatic carbocycles. The zero-order valence-corrected chi connectivity index (χ0v) is 16.4. The zero-order chi connectivity index (χ0) is 19.8. The molecule has 2 aromatic rings. The third kappa shape index (κ3) is 5.03. The number of carbonyl (C=O) groups is 1. The fourth-order valence-corrected chi connectivity index (χ4v) is 3.16. The van der Waals surface area contributed by atoms with Gasteiger partial charge in [0.2, 0.25) is 5.95 Å². The number of aromatic nitrogens is 2. The Hall–Kier alpha value is -3.03. The van der Waals surface area contributed by atoms with E-state index in [1.165, 1.54) is 0 Å². The van der Waals surface area contributed by atoms with Crippen molar-refractivity contribution in [2.24, 2.45) is 0 Å². The van der Waals surface area contributed by atoms with Crippen molar-refractivity contribution in [2.45, 2.75) is 13.3 Å². The molecule has 0 saturated carbocycles. The highest BCUT2D eigenvalue weighted by Gasteiger charge is 2.22. The molecule has 0 unspecified atom stereocenters. The van der Waals surface area contributed by atoms with E-state index >= 15 is 0 Å². The van der Waals surface area contributed by atoms with Gasteiger partial charge in [0.15, 0.2) is 0 Å². The molecule has 0 spiro atoms. The molecule has 1 amide bonds. The highest BCUT2D eigenvalue weighted by atomic mass is 16.6. The van der Waals surface area contributed by atoms with Crippen LogP contribution in [0.2, 0.25) is 0 Å². The summed E-state index contributed by atoms with van der Waals surface area (Å²) in [6.45, 7) is 5.61. The van der Waals surface area contributed by atoms with Crippen molar-refractivity contribution in [1.82, 2.24) is 14.9 Å². The van der Waals surface area contributed by atoms with E-state index in [0.717, 1.165) is 36.6 Å². The molecule has 1 aromatic heterocycles. The molecule has 1 saturated heterocycles. The summed E-state index contributed by atoms with van der Waals surface area (Å²) in [6.07, 6.45) is 2.32. The zero-order valence-electron chi connectivity index (χ0n) is 16.4. The lowest BCUT2D eigenvalue weighted by Gasteiger charge is -2.34. The van der Waals surface area contributed by atoms with Crippen molar-refractivity contribution >= 4 is 17.9 Å². The van der Waals surface area contributed by atoms with Crippen molar-refractivity contribution in [1.29, 1.82) is 0 Å². The predicted molar refractivity (Wildman–Crippen MR) is 108 cm³/mol. The topological polar surface area (TPSA) is 79.8 Å². The fraction of sp³-hybridized carbons (Fsp3) is 0.450. The van der Waals surface area contributed by atoms with Crippen LogP contribution in [0.1, 0.15) is 12.5 Å². The molecule has 1 N–H and O–H groups in total. The van der Waals surface area contributed by atoms with Gasteiger partial charge in [-0.3, -0.25) is 0 Å². The summed E-state index contributed by atoms with van der Waals surface area (Å²) in [5, 5.41) is 3.28. The Labute approximate surface area is 165 Å². The Balaban J connectivity index is 1.52. The molecule has 8 heteroatoms. The molecule has 0 atom stereocenters. The van der Waals surface area contributed by atoms with Gasteiger partial charge in [0.25, 0.3) is 0 Å². The first kappa shape index (κ1) is 19.7. The molecule has 1 aliphatic rings. The Bertz CT molecular complexity index is 778. The molecule has 150 valence electrons. The maximum absolute atomic E-state index is 11.8. The molecule has 0 bridgehead atoms. The minimum Gasteiger partial charge on any atom is -0.496 e. The van der Waals surface area contributed by atoms with E-state index in [9.17, 15) is 4.79 Å². The van der Waals surface area contributed by atoms with Gasteiger partial charge in [-0.15, -0.1) is 0 Å². The maximum atomic E-state index is 11.8. The molecule has 8 nitrogen and oxygen atoms in total. The van der Waals surface area contributed by atoms with Crippen molar-refractivity contribution in [2.75, 3.05) is 56.7 Å². The number of carbonyl (C=O) groups excluding carboxylic acids is 1. The second-order valence-corrected chi connectivity index (χ2v) is 6.40. The lowest BCUT2D eigenvalue weighted by atomic mass is 10.1. The summed E-state index contributed by atoms with van der Waals surface area (Å²) >= 11 is 0. The highest BCUT2D eigenvalue weighted by Crippen LogP contribution is 2.18. The summed E-state index contributed by atoms with van der Waals surface area (Å²) in [5.74, 6) is 2.34. The summed E-state index contributed by atoms with van der Waals surface area (Å²) < 4.78 is 10.4. The molecule has 0 aliphatic carbocycles. The molecule has 1 fully saturated rings. The van der Waals surface area contributed by atoms with Crippen LogP contribution in [0.4, 0.5) is 16.6 Å². The number of methoxy groups -OCH3 is 1. The lowest BCUT2D eigenvalue weighted by molar-refractivity contribution is 0.105. The van der Waals surface area contributed by atoms with Gasteiger partial charge in [-0.25, -0.2) is 9.78 Å². The van der Waals surface area contributed by atoms with E-state index in [2.05, 4.69) is 26.3 Å². The lowest BCUT2D eigenvalue weighted by Crippen LogP contribution is -2.49. The van der Waals surface area contributed by atoms with E-state index in [1.54, 1.807) is 18.2 Å². The highest BCUT2D eigenvalue weighted by molar-refractivity contribution is 5.68. The minimum absolute atomic E-state index is 0.247. The average molecular weight is 385 g/mol. The Kier molecular flexibility index (Phi) is 6.89.